The van der Waals surface area contributed by atoms with Crippen molar-refractivity contribution < 1.29 is 9.59 Å². The number of thiophene rings is 1. The van der Waals surface area contributed by atoms with Gasteiger partial charge < -0.3 is 4.98 Å². The number of nitrogens with one attached hydrogen (secondary N) is 3. The van der Waals surface area contributed by atoms with Crippen LogP contribution >= 0.6 is 11.3 Å². The van der Waals surface area contributed by atoms with E-state index in [1.165, 1.54) is 34.6 Å². The minimum absolute atomic E-state index is 0.0793. The van der Waals surface area contributed by atoms with Gasteiger partial charge in [0.2, 0.25) is 5.91 Å². The highest BCUT2D eigenvalue weighted by Crippen LogP contribution is 2.29. The van der Waals surface area contributed by atoms with Crippen molar-refractivity contribution in [3.05, 3.63) is 51.5 Å². The monoisotopic (exact) mass is 354 g/mol. The molecule has 0 saturated carbocycles. The Balaban J connectivity index is 1.35. The molecule has 0 atom stereocenters. The van der Waals surface area contributed by atoms with Crippen molar-refractivity contribution in [3.8, 4) is 0 Å². The van der Waals surface area contributed by atoms with Gasteiger partial charge in [0.25, 0.3) is 5.91 Å². The summed E-state index contributed by atoms with van der Waals surface area (Å²) in [5.41, 5.74) is 7.93. The summed E-state index contributed by atoms with van der Waals surface area (Å²) in [6.07, 6.45) is 4.53. The Labute approximate surface area is 148 Å². The second-order valence-electron chi connectivity index (χ2n) is 6.15. The molecule has 0 aliphatic heterocycles. The number of rotatable bonds is 3. The number of hydrazine groups is 1. The van der Waals surface area contributed by atoms with Crippen LogP contribution in [0.3, 0.4) is 0 Å². The number of aromatic amines is 1. The third-order valence-corrected chi connectivity index (χ3v) is 5.54. The molecule has 2 amide bonds. The molecule has 0 spiro atoms. The van der Waals surface area contributed by atoms with Crippen LogP contribution in [-0.2, 0) is 24.1 Å². The molecule has 1 aliphatic carbocycles. The summed E-state index contributed by atoms with van der Waals surface area (Å²) in [4.78, 5) is 33.7. The molecule has 0 saturated heterocycles. The van der Waals surface area contributed by atoms with E-state index in [9.17, 15) is 9.59 Å². The van der Waals surface area contributed by atoms with Crippen LogP contribution in [0.5, 0.6) is 0 Å². The highest BCUT2D eigenvalue weighted by atomic mass is 32.1. The molecule has 3 N–H and O–H groups in total. The molecular weight excluding hydrogens is 336 g/mol. The lowest BCUT2D eigenvalue weighted by Gasteiger charge is -2.08. The van der Waals surface area contributed by atoms with Gasteiger partial charge in [-0.1, -0.05) is 12.1 Å². The summed E-state index contributed by atoms with van der Waals surface area (Å²) in [6.45, 7) is 0. The highest BCUT2D eigenvalue weighted by Gasteiger charge is 2.17. The van der Waals surface area contributed by atoms with E-state index in [-0.39, 0.29) is 18.2 Å². The number of nitrogens with zero attached hydrogens (tertiary/aromatic N) is 1. The average Bonchev–Trinajstić information content (AvgIpc) is 3.22. The van der Waals surface area contributed by atoms with Gasteiger partial charge in [-0.05, 0) is 49.4 Å². The fourth-order valence-corrected chi connectivity index (χ4v) is 4.23. The number of fused-ring (bicyclic) bond motifs is 2. The summed E-state index contributed by atoms with van der Waals surface area (Å²) >= 11 is 1.52. The molecule has 25 heavy (non-hydrogen) atoms. The molecule has 2 heterocycles. The third kappa shape index (κ3) is 3.41. The molecule has 4 rings (SSSR count). The normalized spacial score (nSPS) is 13.4. The second kappa shape index (κ2) is 6.68. The first-order valence-corrected chi connectivity index (χ1v) is 9.15. The van der Waals surface area contributed by atoms with Crippen LogP contribution < -0.4 is 10.9 Å². The van der Waals surface area contributed by atoms with Crippen molar-refractivity contribution in [3.63, 3.8) is 0 Å². The van der Waals surface area contributed by atoms with Gasteiger partial charge >= 0.3 is 0 Å². The van der Waals surface area contributed by atoms with Crippen LogP contribution in [0.2, 0.25) is 0 Å². The first-order chi connectivity index (χ1) is 12.2. The number of aromatic nitrogens is 2. The van der Waals surface area contributed by atoms with Crippen molar-refractivity contribution in [2.45, 2.75) is 32.1 Å². The molecule has 0 radical (unpaired) electrons. The summed E-state index contributed by atoms with van der Waals surface area (Å²) in [5, 5.41) is 0. The second-order valence-corrected chi connectivity index (χ2v) is 7.28. The van der Waals surface area contributed by atoms with Gasteiger partial charge in [-0.3, -0.25) is 20.4 Å². The predicted octanol–water partition coefficient (Wildman–Crippen LogP) is 2.51. The van der Waals surface area contributed by atoms with Crippen LogP contribution in [0.25, 0.3) is 11.0 Å². The lowest BCUT2D eigenvalue weighted by molar-refractivity contribution is -0.121. The Morgan fingerprint density at radius 1 is 1.16 bits per heavy atom. The number of amides is 2. The largest absolute Gasteiger partial charge is 0.342 e. The van der Waals surface area contributed by atoms with Gasteiger partial charge in [0.1, 0.15) is 5.82 Å². The SMILES string of the molecule is O=C(Cc1nc2ccccc2[nH]1)NNC(=O)c1cc2c(s1)CCCC2. The van der Waals surface area contributed by atoms with Crippen LogP contribution in [0, 0.1) is 0 Å². The van der Waals surface area contributed by atoms with E-state index in [0.717, 1.165) is 23.9 Å². The average molecular weight is 354 g/mol. The Morgan fingerprint density at radius 2 is 2.00 bits per heavy atom. The third-order valence-electron chi connectivity index (χ3n) is 4.30. The van der Waals surface area contributed by atoms with Crippen LogP contribution in [0.15, 0.2) is 30.3 Å². The number of imidazole rings is 1. The number of carbonyl (C=O) groups excluding carboxylic acids is 2. The quantitative estimate of drug-likeness (QED) is 0.632. The summed E-state index contributed by atoms with van der Waals surface area (Å²) in [7, 11) is 0. The fourth-order valence-electron chi connectivity index (χ4n) is 3.08. The fraction of sp³-hybridized carbons (Fsp3) is 0.278. The minimum atomic E-state index is -0.311. The summed E-state index contributed by atoms with van der Waals surface area (Å²) in [5.74, 6) is -0.00869. The van der Waals surface area contributed by atoms with Gasteiger partial charge in [-0.2, -0.15) is 0 Å². The first-order valence-electron chi connectivity index (χ1n) is 8.33. The van der Waals surface area contributed by atoms with E-state index < -0.39 is 0 Å². The van der Waals surface area contributed by atoms with Gasteiger partial charge in [-0.15, -0.1) is 11.3 Å². The van der Waals surface area contributed by atoms with E-state index in [2.05, 4.69) is 20.8 Å². The standard InChI is InChI=1S/C18H18N4O2S/c23-17(10-16-19-12-6-2-3-7-13(12)20-16)21-22-18(24)15-9-11-5-1-4-8-14(11)25-15/h2-3,6-7,9H,1,4-5,8,10H2,(H,19,20)(H,21,23)(H,22,24). The number of benzene rings is 1. The molecule has 0 fully saturated rings. The lowest BCUT2D eigenvalue weighted by atomic mass is 9.99. The van der Waals surface area contributed by atoms with Crippen molar-refractivity contribution in [2.24, 2.45) is 0 Å². The lowest BCUT2D eigenvalue weighted by Crippen LogP contribution is -2.42. The Bertz CT molecular complexity index is 887. The zero-order valence-electron chi connectivity index (χ0n) is 13.6. The number of hydrogen-bond donors (Lipinski definition) is 3. The molecule has 1 aliphatic rings. The van der Waals surface area contributed by atoms with E-state index in [1.807, 2.05) is 30.3 Å². The molecule has 6 nitrogen and oxygen atoms in total. The Kier molecular flexibility index (Phi) is 4.23. The molecule has 0 bridgehead atoms. The van der Waals surface area contributed by atoms with Crippen molar-refractivity contribution >= 4 is 34.2 Å². The molecule has 1 aromatic carbocycles. The Morgan fingerprint density at radius 3 is 2.84 bits per heavy atom. The summed E-state index contributed by atoms with van der Waals surface area (Å²) < 4.78 is 0. The molecule has 7 heteroatoms. The molecule has 0 unspecified atom stereocenters. The van der Waals surface area contributed by atoms with E-state index in [0.29, 0.717) is 10.7 Å². The highest BCUT2D eigenvalue weighted by molar-refractivity contribution is 7.14. The van der Waals surface area contributed by atoms with Crippen LogP contribution in [-0.4, -0.2) is 21.8 Å². The van der Waals surface area contributed by atoms with Crippen molar-refractivity contribution in [2.75, 3.05) is 0 Å². The number of H-pyrrole nitrogens is 1. The molecular formula is C18H18N4O2S. The van der Waals surface area contributed by atoms with Crippen LogP contribution in [0.4, 0.5) is 0 Å². The maximum atomic E-state index is 12.2. The predicted molar refractivity (Wildman–Crippen MR) is 96.4 cm³/mol. The van der Waals surface area contributed by atoms with Gasteiger partial charge in [0.05, 0.1) is 22.3 Å². The number of carbonyl (C=O) groups is 2. The van der Waals surface area contributed by atoms with Crippen molar-refractivity contribution in [1.29, 1.82) is 0 Å². The molecule has 3 aromatic rings. The van der Waals surface area contributed by atoms with Crippen molar-refractivity contribution in [1.82, 2.24) is 20.8 Å². The van der Waals surface area contributed by atoms with E-state index >= 15 is 0 Å². The first kappa shape index (κ1) is 15.8. The molecule has 2 aromatic heterocycles. The van der Waals surface area contributed by atoms with Crippen LogP contribution in [0.1, 0.15) is 38.8 Å². The zero-order valence-corrected chi connectivity index (χ0v) is 14.4. The topological polar surface area (TPSA) is 86.9 Å². The Hall–Kier alpha value is -2.67. The van der Waals surface area contributed by atoms with Gasteiger partial charge in [0, 0.05) is 4.88 Å². The number of aryl methyl sites for hydroxylation is 2. The maximum absolute atomic E-state index is 12.2. The van der Waals surface area contributed by atoms with Gasteiger partial charge in [0.15, 0.2) is 0 Å². The minimum Gasteiger partial charge on any atom is -0.342 e. The zero-order chi connectivity index (χ0) is 17.2. The maximum Gasteiger partial charge on any atom is 0.279 e. The summed E-state index contributed by atoms with van der Waals surface area (Å²) in [6, 6.07) is 9.54. The number of hydrogen-bond acceptors (Lipinski definition) is 4. The smallest absolute Gasteiger partial charge is 0.279 e. The van der Waals surface area contributed by atoms with E-state index in [4.69, 9.17) is 0 Å². The van der Waals surface area contributed by atoms with Gasteiger partial charge in [-0.25, -0.2) is 4.98 Å². The number of para-hydroxylation sites is 2. The molecule has 128 valence electrons. The van der Waals surface area contributed by atoms with E-state index in [1.54, 1.807) is 0 Å².